The van der Waals surface area contributed by atoms with Crippen molar-refractivity contribution >= 4 is 27.7 Å². The highest BCUT2D eigenvalue weighted by Gasteiger charge is 2.16. The van der Waals surface area contributed by atoms with Gasteiger partial charge in [0.2, 0.25) is 5.91 Å². The molecule has 0 unspecified atom stereocenters. The van der Waals surface area contributed by atoms with Crippen LogP contribution in [0, 0.1) is 5.82 Å². The van der Waals surface area contributed by atoms with Gasteiger partial charge in [-0.2, -0.15) is 0 Å². The fourth-order valence-corrected chi connectivity index (χ4v) is 1.88. The Kier molecular flexibility index (Phi) is 5.47. The average Bonchev–Trinajstić information content (AvgIpc) is 2.30. The lowest BCUT2D eigenvalue weighted by Crippen LogP contribution is -2.40. The molecule has 0 aliphatic rings. The van der Waals surface area contributed by atoms with E-state index >= 15 is 0 Å². The van der Waals surface area contributed by atoms with Crippen LogP contribution in [0.15, 0.2) is 22.7 Å². The third-order valence-electron chi connectivity index (χ3n) is 2.34. The Labute approximate surface area is 120 Å². The Morgan fingerprint density at radius 1 is 1.42 bits per heavy atom. The van der Waals surface area contributed by atoms with E-state index in [9.17, 15) is 14.0 Å². The molecule has 0 saturated heterocycles. The molecule has 0 saturated carbocycles. The van der Waals surface area contributed by atoms with Gasteiger partial charge >= 0.3 is 0 Å². The van der Waals surface area contributed by atoms with Crippen molar-refractivity contribution in [1.29, 1.82) is 0 Å². The molecule has 6 heteroatoms. The lowest BCUT2D eigenvalue weighted by molar-refractivity contribution is -0.122. The van der Waals surface area contributed by atoms with Crippen molar-refractivity contribution < 1.29 is 14.0 Å². The minimum atomic E-state index is -0.434. The van der Waals surface area contributed by atoms with E-state index in [1.165, 1.54) is 30.1 Å². The lowest BCUT2D eigenvalue weighted by atomic mass is 10.2. The van der Waals surface area contributed by atoms with Crippen molar-refractivity contribution in [3.8, 4) is 0 Å². The van der Waals surface area contributed by atoms with Crippen molar-refractivity contribution in [1.82, 2.24) is 10.2 Å². The zero-order chi connectivity index (χ0) is 14.6. The van der Waals surface area contributed by atoms with Gasteiger partial charge < -0.3 is 10.2 Å². The monoisotopic (exact) mass is 330 g/mol. The molecule has 0 radical (unpaired) electrons. The van der Waals surface area contributed by atoms with Crippen molar-refractivity contribution in [2.24, 2.45) is 0 Å². The highest BCUT2D eigenvalue weighted by molar-refractivity contribution is 9.10. The Hall–Kier alpha value is -1.43. The van der Waals surface area contributed by atoms with Crippen molar-refractivity contribution in [3.05, 3.63) is 34.1 Å². The SMILES string of the molecule is CC(C)NC(=O)CN(C)C(=O)c1ccc(F)c(Br)c1. The molecule has 1 N–H and O–H groups in total. The predicted molar refractivity (Wildman–Crippen MR) is 74.3 cm³/mol. The highest BCUT2D eigenvalue weighted by atomic mass is 79.9. The van der Waals surface area contributed by atoms with E-state index in [0.717, 1.165) is 0 Å². The first kappa shape index (κ1) is 15.6. The third kappa shape index (κ3) is 4.63. The Balaban J connectivity index is 2.71. The number of likely N-dealkylation sites (N-methyl/N-ethyl adjacent to an activating group) is 1. The number of rotatable bonds is 4. The molecule has 4 nitrogen and oxygen atoms in total. The molecular weight excluding hydrogens is 315 g/mol. The van der Waals surface area contributed by atoms with Crippen LogP contribution in [0.5, 0.6) is 0 Å². The summed E-state index contributed by atoms with van der Waals surface area (Å²) in [5.74, 6) is -0.997. The normalized spacial score (nSPS) is 10.4. The number of nitrogens with one attached hydrogen (secondary N) is 1. The molecule has 0 atom stereocenters. The van der Waals surface area contributed by atoms with Gasteiger partial charge in [-0.1, -0.05) is 0 Å². The van der Waals surface area contributed by atoms with E-state index in [4.69, 9.17) is 0 Å². The summed E-state index contributed by atoms with van der Waals surface area (Å²) in [6.07, 6.45) is 0. The van der Waals surface area contributed by atoms with Gasteiger partial charge in [-0.3, -0.25) is 9.59 Å². The predicted octanol–water partition coefficient (Wildman–Crippen LogP) is 2.18. The van der Waals surface area contributed by atoms with Crippen LogP contribution >= 0.6 is 15.9 Å². The fourth-order valence-electron chi connectivity index (χ4n) is 1.50. The van der Waals surface area contributed by atoms with E-state index in [-0.39, 0.29) is 28.9 Å². The molecule has 2 amide bonds. The highest BCUT2D eigenvalue weighted by Crippen LogP contribution is 2.17. The van der Waals surface area contributed by atoms with Crippen LogP contribution < -0.4 is 5.32 Å². The molecule has 104 valence electrons. The summed E-state index contributed by atoms with van der Waals surface area (Å²) in [5, 5.41) is 2.70. The van der Waals surface area contributed by atoms with Crippen LogP contribution in [0.3, 0.4) is 0 Å². The van der Waals surface area contributed by atoms with Crippen LogP contribution in [0.1, 0.15) is 24.2 Å². The summed E-state index contributed by atoms with van der Waals surface area (Å²) in [6, 6.07) is 4.02. The number of amides is 2. The number of hydrogen-bond acceptors (Lipinski definition) is 2. The molecule has 19 heavy (non-hydrogen) atoms. The van der Waals surface area contributed by atoms with E-state index < -0.39 is 5.82 Å². The van der Waals surface area contributed by atoms with Crippen molar-refractivity contribution in [2.75, 3.05) is 13.6 Å². The second-order valence-electron chi connectivity index (χ2n) is 4.51. The standard InChI is InChI=1S/C13H16BrFN2O2/c1-8(2)16-12(18)7-17(3)13(19)9-4-5-11(15)10(14)6-9/h4-6,8H,7H2,1-3H3,(H,16,18). The maximum absolute atomic E-state index is 13.1. The van der Waals surface area contributed by atoms with Gasteiger partial charge in [0.25, 0.3) is 5.91 Å². The summed E-state index contributed by atoms with van der Waals surface area (Å²) in [6.45, 7) is 3.65. The Bertz CT molecular complexity index is 492. The number of nitrogens with zero attached hydrogens (tertiary/aromatic N) is 1. The molecule has 0 spiro atoms. The summed E-state index contributed by atoms with van der Waals surface area (Å²) < 4.78 is 13.3. The van der Waals surface area contributed by atoms with E-state index in [1.54, 1.807) is 0 Å². The smallest absolute Gasteiger partial charge is 0.254 e. The van der Waals surface area contributed by atoms with Gasteiger partial charge in [0.1, 0.15) is 5.82 Å². The van der Waals surface area contributed by atoms with Gasteiger partial charge in [0.15, 0.2) is 0 Å². The van der Waals surface area contributed by atoms with Gasteiger partial charge in [-0.05, 0) is 48.0 Å². The maximum Gasteiger partial charge on any atom is 0.254 e. The molecule has 0 aromatic heterocycles. The van der Waals surface area contributed by atoms with E-state index in [2.05, 4.69) is 21.2 Å². The molecule has 1 aromatic carbocycles. The number of hydrogen-bond donors (Lipinski definition) is 1. The van der Waals surface area contributed by atoms with E-state index in [1.807, 2.05) is 13.8 Å². The zero-order valence-corrected chi connectivity index (χ0v) is 12.6. The first-order valence-electron chi connectivity index (χ1n) is 5.81. The third-order valence-corrected chi connectivity index (χ3v) is 2.95. The molecule has 1 aromatic rings. The van der Waals surface area contributed by atoms with Gasteiger partial charge in [0, 0.05) is 18.7 Å². The van der Waals surface area contributed by atoms with Crippen LogP contribution in [0.25, 0.3) is 0 Å². The molecular formula is C13H16BrFN2O2. The van der Waals surface area contributed by atoms with Crippen molar-refractivity contribution in [3.63, 3.8) is 0 Å². The molecule has 0 aliphatic heterocycles. The van der Waals surface area contributed by atoms with E-state index in [0.29, 0.717) is 5.56 Å². The molecule has 0 aliphatic carbocycles. The number of benzene rings is 1. The average molecular weight is 331 g/mol. The maximum atomic E-state index is 13.1. The first-order chi connectivity index (χ1) is 8.81. The number of halogens is 2. The second-order valence-corrected chi connectivity index (χ2v) is 5.37. The van der Waals surface area contributed by atoms with Crippen LogP contribution in [-0.4, -0.2) is 36.3 Å². The quantitative estimate of drug-likeness (QED) is 0.919. The summed E-state index contributed by atoms with van der Waals surface area (Å²) in [5.41, 5.74) is 0.327. The molecule has 0 heterocycles. The number of carbonyl (C=O) groups is 2. The van der Waals surface area contributed by atoms with Gasteiger partial charge in [0.05, 0.1) is 11.0 Å². The van der Waals surface area contributed by atoms with Gasteiger partial charge in [-0.15, -0.1) is 0 Å². The van der Waals surface area contributed by atoms with Crippen molar-refractivity contribution in [2.45, 2.75) is 19.9 Å². The summed E-state index contributed by atoms with van der Waals surface area (Å²) in [7, 11) is 1.53. The minimum Gasteiger partial charge on any atom is -0.352 e. The molecule has 0 fully saturated rings. The topological polar surface area (TPSA) is 49.4 Å². The van der Waals surface area contributed by atoms with Crippen LogP contribution in [-0.2, 0) is 4.79 Å². The summed E-state index contributed by atoms with van der Waals surface area (Å²) >= 11 is 3.02. The molecule has 1 rings (SSSR count). The number of carbonyl (C=O) groups excluding carboxylic acids is 2. The van der Waals surface area contributed by atoms with Crippen LogP contribution in [0.2, 0.25) is 0 Å². The largest absolute Gasteiger partial charge is 0.352 e. The second kappa shape index (κ2) is 6.65. The van der Waals surface area contributed by atoms with Gasteiger partial charge in [-0.25, -0.2) is 4.39 Å². The fraction of sp³-hybridized carbons (Fsp3) is 0.385. The first-order valence-corrected chi connectivity index (χ1v) is 6.60. The Morgan fingerprint density at radius 3 is 2.58 bits per heavy atom. The summed E-state index contributed by atoms with van der Waals surface area (Å²) in [4.78, 5) is 24.9. The lowest BCUT2D eigenvalue weighted by Gasteiger charge is -2.18. The minimum absolute atomic E-state index is 0.0240. The molecule has 0 bridgehead atoms. The van der Waals surface area contributed by atoms with Crippen LogP contribution in [0.4, 0.5) is 4.39 Å². The Morgan fingerprint density at radius 2 is 2.05 bits per heavy atom. The zero-order valence-electron chi connectivity index (χ0n) is 11.0.